The highest BCUT2D eigenvalue weighted by atomic mass is 35.5. The number of aromatic nitrogens is 3. The van der Waals surface area contributed by atoms with E-state index >= 15 is 0 Å². The van der Waals surface area contributed by atoms with Crippen LogP contribution in [0.5, 0.6) is 0 Å². The maximum absolute atomic E-state index is 6.11. The number of pyridine rings is 1. The van der Waals surface area contributed by atoms with Gasteiger partial charge in [-0.3, -0.25) is 4.98 Å². The van der Waals surface area contributed by atoms with Crippen LogP contribution in [0.15, 0.2) is 60.8 Å². The molecule has 5 rings (SSSR count). The molecule has 0 aliphatic carbocycles. The average molecular weight is 488 g/mol. The van der Waals surface area contributed by atoms with E-state index in [1.54, 1.807) is 6.20 Å². The molecule has 1 saturated heterocycles. The lowest BCUT2D eigenvalue weighted by Gasteiger charge is -2.34. The number of nitrogens with one attached hydrogen (secondary N) is 2. The summed E-state index contributed by atoms with van der Waals surface area (Å²) in [6, 6.07) is 18.1. The minimum Gasteiger partial charge on any atom is -0.366 e. The molecule has 0 bridgehead atoms. The van der Waals surface area contributed by atoms with Crippen molar-refractivity contribution >= 4 is 45.6 Å². The van der Waals surface area contributed by atoms with Crippen LogP contribution in [0, 0.1) is 6.92 Å². The van der Waals surface area contributed by atoms with Gasteiger partial charge in [-0.15, -0.1) is 0 Å². The highest BCUT2D eigenvalue weighted by molar-refractivity contribution is 6.31. The van der Waals surface area contributed by atoms with Gasteiger partial charge in [-0.25, -0.2) is 4.98 Å². The Kier molecular flexibility index (Phi) is 6.97. The van der Waals surface area contributed by atoms with Crippen molar-refractivity contribution in [1.29, 1.82) is 0 Å². The van der Waals surface area contributed by atoms with Crippen LogP contribution < -0.4 is 15.5 Å². The molecule has 2 aromatic carbocycles. The first-order valence-corrected chi connectivity index (χ1v) is 12.4. The quantitative estimate of drug-likeness (QED) is 0.357. The zero-order valence-corrected chi connectivity index (χ0v) is 20.9. The fraction of sp³-hybridized carbons (Fsp3) is 0.296. The van der Waals surface area contributed by atoms with E-state index in [9.17, 15) is 0 Å². The number of likely N-dealkylation sites (N-methyl/N-ethyl adjacent to an activating group) is 1. The van der Waals surface area contributed by atoms with Crippen LogP contribution in [0.2, 0.25) is 5.02 Å². The summed E-state index contributed by atoms with van der Waals surface area (Å²) in [5, 5.41) is 8.68. The second kappa shape index (κ2) is 10.5. The van der Waals surface area contributed by atoms with Gasteiger partial charge in [-0.05, 0) is 55.4 Å². The van der Waals surface area contributed by atoms with E-state index in [4.69, 9.17) is 16.6 Å². The van der Waals surface area contributed by atoms with Crippen molar-refractivity contribution in [2.75, 3.05) is 48.3 Å². The van der Waals surface area contributed by atoms with Crippen LogP contribution in [0.4, 0.5) is 23.1 Å². The van der Waals surface area contributed by atoms with Crippen molar-refractivity contribution in [3.05, 3.63) is 77.1 Å². The monoisotopic (exact) mass is 487 g/mol. The van der Waals surface area contributed by atoms with Gasteiger partial charge >= 0.3 is 0 Å². The lowest BCUT2D eigenvalue weighted by Crippen LogP contribution is -2.46. The molecule has 0 unspecified atom stereocenters. The van der Waals surface area contributed by atoms with E-state index in [0.29, 0.717) is 11.6 Å². The van der Waals surface area contributed by atoms with Gasteiger partial charge in [0.25, 0.3) is 0 Å². The zero-order chi connectivity index (χ0) is 24.2. The van der Waals surface area contributed by atoms with Crippen molar-refractivity contribution in [3.63, 3.8) is 0 Å². The highest BCUT2D eigenvalue weighted by Gasteiger charge is 2.18. The first-order chi connectivity index (χ1) is 17.1. The summed E-state index contributed by atoms with van der Waals surface area (Å²) in [7, 11) is 0. The standard InChI is InChI=1S/C27H30ClN7/c1-3-34-12-14-35(15-13-34)27-31-19(2)16-26(33-27)30-18-20-4-7-22(8-5-20)32-24-10-11-29-25-17-21(28)6-9-23(24)25/h4-11,16-17H,3,12-15,18H2,1-2H3,(H,29,32)(H,30,31,33). The molecule has 1 fully saturated rings. The molecule has 1 aliphatic rings. The molecular weight excluding hydrogens is 458 g/mol. The van der Waals surface area contributed by atoms with Gasteiger partial charge in [0.2, 0.25) is 5.95 Å². The number of fused-ring (bicyclic) bond motifs is 1. The largest absolute Gasteiger partial charge is 0.366 e. The topological polar surface area (TPSA) is 69.2 Å². The van der Waals surface area contributed by atoms with Crippen molar-refractivity contribution in [2.24, 2.45) is 0 Å². The van der Waals surface area contributed by atoms with Crippen LogP contribution in [0.1, 0.15) is 18.2 Å². The molecule has 8 heteroatoms. The Hall–Kier alpha value is -3.42. The lowest BCUT2D eigenvalue weighted by atomic mass is 10.1. The lowest BCUT2D eigenvalue weighted by molar-refractivity contribution is 0.270. The Morgan fingerprint density at radius 1 is 0.943 bits per heavy atom. The van der Waals surface area contributed by atoms with E-state index in [0.717, 1.165) is 72.5 Å². The molecule has 0 atom stereocenters. The minimum absolute atomic E-state index is 0.684. The summed E-state index contributed by atoms with van der Waals surface area (Å²) < 4.78 is 0. The van der Waals surface area contributed by atoms with Gasteiger partial charge < -0.3 is 20.4 Å². The number of aryl methyl sites for hydroxylation is 1. The third kappa shape index (κ3) is 5.63. The summed E-state index contributed by atoms with van der Waals surface area (Å²) in [6.45, 7) is 10.1. The summed E-state index contributed by atoms with van der Waals surface area (Å²) in [5.74, 6) is 1.67. The third-order valence-electron chi connectivity index (χ3n) is 6.36. The molecule has 4 aromatic rings. The number of halogens is 1. The average Bonchev–Trinajstić information content (AvgIpc) is 2.88. The van der Waals surface area contributed by atoms with Crippen LogP contribution in [0.3, 0.4) is 0 Å². The molecule has 0 amide bonds. The summed E-state index contributed by atoms with van der Waals surface area (Å²) >= 11 is 6.11. The number of benzene rings is 2. The zero-order valence-electron chi connectivity index (χ0n) is 20.1. The minimum atomic E-state index is 0.684. The van der Waals surface area contributed by atoms with E-state index in [1.807, 2.05) is 37.3 Å². The third-order valence-corrected chi connectivity index (χ3v) is 6.59. The Morgan fingerprint density at radius 3 is 2.51 bits per heavy atom. The van der Waals surface area contributed by atoms with Crippen molar-refractivity contribution < 1.29 is 0 Å². The predicted octanol–water partition coefficient (Wildman–Crippen LogP) is 5.48. The van der Waals surface area contributed by atoms with Crippen LogP contribution in [-0.4, -0.2) is 52.6 Å². The number of rotatable bonds is 7. The van der Waals surface area contributed by atoms with E-state index in [-0.39, 0.29) is 0 Å². The van der Waals surface area contributed by atoms with Crippen molar-refractivity contribution in [2.45, 2.75) is 20.4 Å². The van der Waals surface area contributed by atoms with Crippen molar-refractivity contribution in [1.82, 2.24) is 19.9 Å². The van der Waals surface area contributed by atoms with Gasteiger partial charge in [0.05, 0.1) is 5.52 Å². The second-order valence-electron chi connectivity index (χ2n) is 8.81. The molecule has 1 aliphatic heterocycles. The molecule has 0 spiro atoms. The SMILES string of the molecule is CCN1CCN(c2nc(C)cc(NCc3ccc(Nc4ccnc5cc(Cl)ccc45)cc3)n2)CC1. The first-order valence-electron chi connectivity index (χ1n) is 12.0. The normalized spacial score (nSPS) is 14.3. The van der Waals surface area contributed by atoms with E-state index < -0.39 is 0 Å². The van der Waals surface area contributed by atoms with Crippen molar-refractivity contribution in [3.8, 4) is 0 Å². The molecule has 7 nitrogen and oxygen atoms in total. The molecule has 2 N–H and O–H groups in total. The second-order valence-corrected chi connectivity index (χ2v) is 9.25. The number of hydrogen-bond acceptors (Lipinski definition) is 7. The smallest absolute Gasteiger partial charge is 0.227 e. The van der Waals surface area contributed by atoms with Gasteiger partial charge in [0.15, 0.2) is 0 Å². The highest BCUT2D eigenvalue weighted by Crippen LogP contribution is 2.27. The Labute approximate surface area is 211 Å². The molecule has 2 aromatic heterocycles. The Bertz CT molecular complexity index is 1300. The Balaban J connectivity index is 1.23. The van der Waals surface area contributed by atoms with Gasteiger partial charge in [-0.1, -0.05) is 30.7 Å². The molecular formula is C27H30ClN7. The van der Waals surface area contributed by atoms with Gasteiger partial charge in [-0.2, -0.15) is 4.98 Å². The number of hydrogen-bond donors (Lipinski definition) is 2. The predicted molar refractivity (Wildman–Crippen MR) is 145 cm³/mol. The van der Waals surface area contributed by atoms with Gasteiger partial charge in [0, 0.05) is 72.5 Å². The fourth-order valence-electron chi connectivity index (χ4n) is 4.33. The molecule has 3 heterocycles. The summed E-state index contributed by atoms with van der Waals surface area (Å²) in [6.07, 6.45) is 1.79. The van der Waals surface area contributed by atoms with Crippen LogP contribution >= 0.6 is 11.6 Å². The molecule has 180 valence electrons. The number of nitrogens with zero attached hydrogens (tertiary/aromatic N) is 5. The Morgan fingerprint density at radius 2 is 1.74 bits per heavy atom. The maximum atomic E-state index is 6.11. The van der Waals surface area contributed by atoms with Crippen LogP contribution in [0.25, 0.3) is 10.9 Å². The number of anilines is 4. The molecule has 0 saturated carbocycles. The maximum Gasteiger partial charge on any atom is 0.227 e. The number of piperazine rings is 1. The molecule has 35 heavy (non-hydrogen) atoms. The summed E-state index contributed by atoms with van der Waals surface area (Å²) in [5.41, 5.74) is 5.04. The van der Waals surface area contributed by atoms with E-state index in [1.165, 1.54) is 5.56 Å². The first kappa shape index (κ1) is 23.3. The fourth-order valence-corrected chi connectivity index (χ4v) is 4.50. The summed E-state index contributed by atoms with van der Waals surface area (Å²) in [4.78, 5) is 18.6. The van der Waals surface area contributed by atoms with Crippen LogP contribution in [-0.2, 0) is 6.54 Å². The van der Waals surface area contributed by atoms with E-state index in [2.05, 4.69) is 61.6 Å². The molecule has 0 radical (unpaired) electrons. The van der Waals surface area contributed by atoms with Gasteiger partial charge in [0.1, 0.15) is 5.82 Å².